The molecule has 3 nitrogen and oxygen atoms in total. The highest BCUT2D eigenvalue weighted by molar-refractivity contribution is 7.26. The summed E-state index contributed by atoms with van der Waals surface area (Å²) in [6, 6.07) is 63.0. The molecule has 8 aromatic carbocycles. The smallest absolute Gasteiger partial charge is 0.0973 e. The molecule has 11 aromatic rings. The van der Waals surface area contributed by atoms with E-state index in [4.69, 9.17) is 9.97 Å². The molecule has 11 rings (SSSR count). The van der Waals surface area contributed by atoms with Gasteiger partial charge >= 0.3 is 0 Å². The maximum absolute atomic E-state index is 5.17. The average Bonchev–Trinajstić information content (AvgIpc) is 3.74. The van der Waals surface area contributed by atoms with Crippen LogP contribution < -0.4 is 0 Å². The lowest BCUT2D eigenvalue weighted by atomic mass is 10.0. The van der Waals surface area contributed by atoms with Gasteiger partial charge in [0.25, 0.3) is 0 Å². The fourth-order valence-corrected chi connectivity index (χ4v) is 9.05. The molecule has 3 aromatic heterocycles. The lowest BCUT2D eigenvalue weighted by Crippen LogP contribution is -1.97. The van der Waals surface area contributed by atoms with Gasteiger partial charge in [0, 0.05) is 47.8 Å². The van der Waals surface area contributed by atoms with E-state index >= 15 is 0 Å². The fraction of sp³-hybridized carbons (Fsp3) is 0. The van der Waals surface area contributed by atoms with Crippen LogP contribution in [0.3, 0.4) is 0 Å². The first-order valence-electron chi connectivity index (χ1n) is 17.6. The Bertz CT molecular complexity index is 3160. The number of hydrogen-bond acceptors (Lipinski definition) is 3. The molecule has 0 amide bonds. The first kappa shape index (κ1) is 29.1. The number of thiophene rings is 1. The summed E-state index contributed by atoms with van der Waals surface area (Å²) in [5.74, 6) is 0. The van der Waals surface area contributed by atoms with E-state index < -0.39 is 0 Å². The third kappa shape index (κ3) is 4.51. The first-order chi connectivity index (χ1) is 25.8. The summed E-state index contributed by atoms with van der Waals surface area (Å²) in [7, 11) is 0. The molecule has 0 aliphatic heterocycles. The summed E-state index contributed by atoms with van der Waals surface area (Å²) in [5.41, 5.74) is 11.5. The number of hydrogen-bond donors (Lipinski definition) is 0. The summed E-state index contributed by atoms with van der Waals surface area (Å²) in [4.78, 5) is 10.3. The van der Waals surface area contributed by atoms with Gasteiger partial charge in [0.05, 0.1) is 33.5 Å². The van der Waals surface area contributed by atoms with Gasteiger partial charge < -0.3 is 4.57 Å². The number of aromatic nitrogens is 3. The minimum absolute atomic E-state index is 0.879. The summed E-state index contributed by atoms with van der Waals surface area (Å²) < 4.78 is 5.05. The number of nitrogens with zero attached hydrogens (tertiary/aromatic N) is 3. The van der Waals surface area contributed by atoms with Gasteiger partial charge in [-0.05, 0) is 70.4 Å². The van der Waals surface area contributed by atoms with Gasteiger partial charge in [-0.15, -0.1) is 11.3 Å². The maximum Gasteiger partial charge on any atom is 0.0973 e. The molecule has 242 valence electrons. The highest BCUT2D eigenvalue weighted by atomic mass is 32.1. The van der Waals surface area contributed by atoms with E-state index in [2.05, 4.69) is 150 Å². The zero-order chi connectivity index (χ0) is 34.2. The van der Waals surface area contributed by atoms with Crippen LogP contribution in [0.2, 0.25) is 0 Å². The van der Waals surface area contributed by atoms with Crippen LogP contribution in [0.15, 0.2) is 176 Å². The molecule has 0 saturated carbocycles. The molecule has 0 fully saturated rings. The Labute approximate surface area is 303 Å². The Morgan fingerprint density at radius 1 is 0.385 bits per heavy atom. The van der Waals surface area contributed by atoms with Crippen LogP contribution in [0, 0.1) is 0 Å². The third-order valence-corrected chi connectivity index (χ3v) is 11.5. The molecule has 0 aliphatic rings. The second-order valence-corrected chi connectivity index (χ2v) is 14.5. The quantitative estimate of drug-likeness (QED) is 0.185. The van der Waals surface area contributed by atoms with Gasteiger partial charge in [0.2, 0.25) is 0 Å². The summed E-state index contributed by atoms with van der Waals surface area (Å²) in [6.07, 6.45) is 0. The topological polar surface area (TPSA) is 30.7 Å². The Balaban J connectivity index is 1.15. The zero-order valence-corrected chi connectivity index (χ0v) is 28.8. The molecule has 0 bridgehead atoms. The van der Waals surface area contributed by atoms with Crippen LogP contribution in [-0.4, -0.2) is 14.5 Å². The van der Waals surface area contributed by atoms with E-state index in [1.165, 1.54) is 63.9 Å². The van der Waals surface area contributed by atoms with Crippen LogP contribution in [-0.2, 0) is 0 Å². The van der Waals surface area contributed by atoms with Crippen molar-refractivity contribution in [1.29, 1.82) is 0 Å². The van der Waals surface area contributed by atoms with Crippen LogP contribution in [0.25, 0.3) is 103 Å². The van der Waals surface area contributed by atoms with Crippen LogP contribution in [0.5, 0.6) is 0 Å². The van der Waals surface area contributed by atoms with Gasteiger partial charge in [-0.25, -0.2) is 9.97 Å². The van der Waals surface area contributed by atoms with Crippen LogP contribution in [0.1, 0.15) is 0 Å². The minimum atomic E-state index is 0.879. The Hall–Kier alpha value is -6.62. The molecular weight excluding hydrogens is 651 g/mol. The molecular formula is C48H29N3S. The minimum Gasteiger partial charge on any atom is -0.309 e. The Kier molecular flexibility index (Phi) is 6.42. The summed E-state index contributed by atoms with van der Waals surface area (Å²) in [5, 5.41) is 7.74. The summed E-state index contributed by atoms with van der Waals surface area (Å²) in [6.45, 7) is 0. The van der Waals surface area contributed by atoms with Crippen molar-refractivity contribution < 1.29 is 0 Å². The van der Waals surface area contributed by atoms with Gasteiger partial charge in [-0.3, -0.25) is 0 Å². The molecule has 0 unspecified atom stereocenters. The molecule has 0 saturated heterocycles. The second-order valence-electron chi connectivity index (χ2n) is 13.4. The maximum atomic E-state index is 5.17. The van der Waals surface area contributed by atoms with Gasteiger partial charge in [0.1, 0.15) is 0 Å². The van der Waals surface area contributed by atoms with Crippen molar-refractivity contribution in [3.63, 3.8) is 0 Å². The molecule has 4 heteroatoms. The standard InChI is InChI=1S/C48H29N3S/c1-3-11-30(12-4-1)34-21-25-37-38-28-39-45(52-44-26-22-31-13-7-8-16-36(31)46(39)44)29-43(38)51(42(37)27-34)35-23-19-33(20-24-35)48-47(32-14-5-2-6-15-32)49-40-17-9-10-18-41(40)50-48/h1-29H. The lowest BCUT2D eigenvalue weighted by Gasteiger charge is -2.13. The molecule has 0 spiro atoms. The molecule has 0 N–H and O–H groups in total. The van der Waals surface area contributed by atoms with Crippen molar-refractivity contribution in [2.45, 2.75) is 0 Å². The normalized spacial score (nSPS) is 11.8. The predicted molar refractivity (Wildman–Crippen MR) is 221 cm³/mol. The van der Waals surface area contributed by atoms with E-state index in [-0.39, 0.29) is 0 Å². The molecule has 0 atom stereocenters. The molecule has 3 heterocycles. The van der Waals surface area contributed by atoms with Crippen molar-refractivity contribution in [3.05, 3.63) is 176 Å². The van der Waals surface area contributed by atoms with E-state index in [0.717, 1.165) is 39.2 Å². The van der Waals surface area contributed by atoms with Gasteiger partial charge in [-0.2, -0.15) is 0 Å². The highest BCUT2D eigenvalue weighted by Crippen LogP contribution is 2.44. The lowest BCUT2D eigenvalue weighted by molar-refractivity contribution is 1.18. The average molecular weight is 680 g/mol. The number of benzene rings is 8. The SMILES string of the molecule is c1ccc(-c2ccc3c4cc5c(cc4n(-c4ccc(-c6nc7ccccc7nc6-c6ccccc6)cc4)c3c2)sc2ccc3ccccc3c25)cc1. The van der Waals surface area contributed by atoms with Crippen LogP contribution in [0.4, 0.5) is 0 Å². The number of para-hydroxylation sites is 2. The zero-order valence-electron chi connectivity index (χ0n) is 28.0. The Morgan fingerprint density at radius 2 is 1.00 bits per heavy atom. The molecule has 0 radical (unpaired) electrons. The van der Waals surface area contributed by atoms with Gasteiger partial charge in [0.15, 0.2) is 0 Å². The van der Waals surface area contributed by atoms with E-state index in [1.54, 1.807) is 0 Å². The number of rotatable bonds is 4. The molecule has 52 heavy (non-hydrogen) atoms. The van der Waals surface area contributed by atoms with Crippen molar-refractivity contribution in [2.75, 3.05) is 0 Å². The summed E-state index contributed by atoms with van der Waals surface area (Å²) >= 11 is 1.88. The Morgan fingerprint density at radius 3 is 1.75 bits per heavy atom. The highest BCUT2D eigenvalue weighted by Gasteiger charge is 2.19. The second kappa shape index (κ2) is 11.5. The van der Waals surface area contributed by atoms with Crippen molar-refractivity contribution in [1.82, 2.24) is 14.5 Å². The van der Waals surface area contributed by atoms with E-state index in [0.29, 0.717) is 0 Å². The first-order valence-corrected chi connectivity index (χ1v) is 18.4. The monoisotopic (exact) mass is 679 g/mol. The van der Waals surface area contributed by atoms with Gasteiger partial charge in [-0.1, -0.05) is 127 Å². The largest absolute Gasteiger partial charge is 0.309 e. The van der Waals surface area contributed by atoms with E-state index in [1.807, 2.05) is 41.7 Å². The molecule has 0 aliphatic carbocycles. The fourth-order valence-electron chi connectivity index (χ4n) is 7.91. The van der Waals surface area contributed by atoms with Crippen molar-refractivity contribution in [2.24, 2.45) is 0 Å². The third-order valence-electron chi connectivity index (χ3n) is 10.4. The van der Waals surface area contributed by atoms with E-state index in [9.17, 15) is 0 Å². The van der Waals surface area contributed by atoms with Crippen molar-refractivity contribution >= 4 is 75.1 Å². The number of fused-ring (bicyclic) bond motifs is 9. The predicted octanol–water partition coefficient (Wildman–Crippen LogP) is 13.2. The van der Waals surface area contributed by atoms with Crippen LogP contribution >= 0.6 is 11.3 Å². The van der Waals surface area contributed by atoms with Crippen molar-refractivity contribution in [3.8, 4) is 39.3 Å².